The van der Waals surface area contributed by atoms with E-state index in [1.54, 1.807) is 24.3 Å². The zero-order chi connectivity index (χ0) is 21.4. The smallest absolute Gasteiger partial charge is 0.162 e. The van der Waals surface area contributed by atoms with Crippen LogP contribution < -0.4 is 9.80 Å². The van der Waals surface area contributed by atoms with Gasteiger partial charge in [0.05, 0.1) is 11.2 Å². The lowest BCUT2D eigenvalue weighted by molar-refractivity contribution is 0.597. The van der Waals surface area contributed by atoms with Gasteiger partial charge in [-0.15, -0.1) is 0 Å². The number of rotatable bonds is 3. The third-order valence-electron chi connectivity index (χ3n) is 5.51. The highest BCUT2D eigenvalue weighted by Gasteiger charge is 2.23. The molecule has 0 atom stereocenters. The lowest BCUT2D eigenvalue weighted by Crippen LogP contribution is -2.47. The first-order valence-corrected chi connectivity index (χ1v) is 10.4. The number of piperazine rings is 1. The predicted molar refractivity (Wildman–Crippen MR) is 121 cm³/mol. The maximum Gasteiger partial charge on any atom is 0.162 e. The molecule has 0 spiro atoms. The standard InChI is InChI=1S/C24H19ClF2N4/c25-17-7-10-19-21(15-17)28-23(16-5-8-18(26)9-6-16)29-24(19)31-13-11-30(12-14-31)22-4-2-1-3-20(22)27/h1-10,15H,11-14H2. The molecule has 0 unspecified atom stereocenters. The van der Waals surface area contributed by atoms with Crippen LogP contribution in [0.2, 0.25) is 5.02 Å². The lowest BCUT2D eigenvalue weighted by atomic mass is 10.1. The van der Waals surface area contributed by atoms with Crippen molar-refractivity contribution in [1.82, 2.24) is 9.97 Å². The molecule has 0 aliphatic carbocycles. The van der Waals surface area contributed by atoms with Gasteiger partial charge in [0.25, 0.3) is 0 Å². The molecule has 2 heterocycles. The quantitative estimate of drug-likeness (QED) is 0.421. The van der Waals surface area contributed by atoms with Crippen LogP contribution in [0.15, 0.2) is 66.7 Å². The average molecular weight is 437 g/mol. The van der Waals surface area contributed by atoms with Crippen molar-refractivity contribution in [2.45, 2.75) is 0 Å². The summed E-state index contributed by atoms with van der Waals surface area (Å²) in [6.07, 6.45) is 0. The number of fused-ring (bicyclic) bond motifs is 1. The maximum absolute atomic E-state index is 14.2. The van der Waals surface area contributed by atoms with Crippen molar-refractivity contribution in [2.24, 2.45) is 0 Å². The Morgan fingerprint density at radius 2 is 1.48 bits per heavy atom. The Hall–Kier alpha value is -3.25. The van der Waals surface area contributed by atoms with Crippen LogP contribution in [-0.2, 0) is 0 Å². The van der Waals surface area contributed by atoms with Gasteiger partial charge in [0, 0.05) is 42.2 Å². The van der Waals surface area contributed by atoms with E-state index in [0.29, 0.717) is 42.7 Å². The summed E-state index contributed by atoms with van der Waals surface area (Å²) in [6, 6.07) is 18.5. The molecule has 7 heteroatoms. The summed E-state index contributed by atoms with van der Waals surface area (Å²) in [5.41, 5.74) is 2.08. The van der Waals surface area contributed by atoms with E-state index in [4.69, 9.17) is 16.6 Å². The molecule has 4 aromatic rings. The summed E-state index contributed by atoms with van der Waals surface area (Å²) in [4.78, 5) is 13.7. The van der Waals surface area contributed by atoms with Gasteiger partial charge >= 0.3 is 0 Å². The van der Waals surface area contributed by atoms with Crippen molar-refractivity contribution < 1.29 is 8.78 Å². The second-order valence-corrected chi connectivity index (χ2v) is 7.90. The number of para-hydroxylation sites is 1. The Morgan fingerprint density at radius 1 is 0.774 bits per heavy atom. The third kappa shape index (κ3) is 3.91. The van der Waals surface area contributed by atoms with Crippen molar-refractivity contribution >= 4 is 34.0 Å². The van der Waals surface area contributed by atoms with Gasteiger partial charge in [0.2, 0.25) is 0 Å². The van der Waals surface area contributed by atoms with E-state index >= 15 is 0 Å². The second kappa shape index (κ2) is 8.12. The third-order valence-corrected chi connectivity index (χ3v) is 5.75. The number of hydrogen-bond acceptors (Lipinski definition) is 4. The SMILES string of the molecule is Fc1ccc(-c2nc(N3CCN(c4ccccc4F)CC3)c3ccc(Cl)cc3n2)cc1. The fourth-order valence-corrected chi connectivity index (χ4v) is 4.09. The Morgan fingerprint density at radius 3 is 2.23 bits per heavy atom. The number of hydrogen-bond donors (Lipinski definition) is 0. The van der Waals surface area contributed by atoms with Gasteiger partial charge < -0.3 is 9.80 Å². The van der Waals surface area contributed by atoms with E-state index in [9.17, 15) is 8.78 Å². The van der Waals surface area contributed by atoms with Gasteiger partial charge in [-0.25, -0.2) is 18.7 Å². The Kier molecular flexibility index (Phi) is 5.16. The molecular weight excluding hydrogens is 418 g/mol. The van der Waals surface area contributed by atoms with Crippen LogP contribution in [0.5, 0.6) is 0 Å². The summed E-state index contributed by atoms with van der Waals surface area (Å²) in [5.74, 6) is 0.796. The number of nitrogens with zero attached hydrogens (tertiary/aromatic N) is 4. The van der Waals surface area contributed by atoms with Crippen LogP contribution in [0.3, 0.4) is 0 Å². The van der Waals surface area contributed by atoms with Crippen molar-refractivity contribution in [1.29, 1.82) is 0 Å². The summed E-state index contributed by atoms with van der Waals surface area (Å²) >= 11 is 6.21. The fourth-order valence-electron chi connectivity index (χ4n) is 3.92. The molecule has 0 N–H and O–H groups in total. The highest BCUT2D eigenvalue weighted by Crippen LogP contribution is 2.31. The summed E-state index contributed by atoms with van der Waals surface area (Å²) < 4.78 is 27.6. The molecule has 0 amide bonds. The van der Waals surface area contributed by atoms with Gasteiger partial charge in [-0.2, -0.15) is 0 Å². The lowest BCUT2D eigenvalue weighted by Gasteiger charge is -2.37. The van der Waals surface area contributed by atoms with Crippen molar-refractivity contribution in [2.75, 3.05) is 36.0 Å². The van der Waals surface area contributed by atoms with E-state index in [0.717, 1.165) is 22.3 Å². The summed E-state index contributed by atoms with van der Waals surface area (Å²) in [5, 5.41) is 1.49. The highest BCUT2D eigenvalue weighted by molar-refractivity contribution is 6.31. The largest absolute Gasteiger partial charge is 0.366 e. The number of benzene rings is 3. The molecule has 4 nitrogen and oxygen atoms in total. The van der Waals surface area contributed by atoms with Crippen LogP contribution in [0.1, 0.15) is 0 Å². The fraction of sp³-hybridized carbons (Fsp3) is 0.167. The summed E-state index contributed by atoms with van der Waals surface area (Å²) in [7, 11) is 0. The minimum atomic E-state index is -0.308. The Balaban J connectivity index is 1.50. The molecule has 0 saturated carbocycles. The van der Waals surface area contributed by atoms with Crippen molar-refractivity contribution in [3.05, 3.63) is 83.4 Å². The molecule has 0 bridgehead atoms. The molecule has 5 rings (SSSR count). The molecule has 156 valence electrons. The number of halogens is 3. The van der Waals surface area contributed by atoms with E-state index in [2.05, 4.69) is 9.88 Å². The number of anilines is 2. The van der Waals surface area contributed by atoms with Gasteiger partial charge in [-0.05, 0) is 54.6 Å². The molecule has 1 aromatic heterocycles. The van der Waals surface area contributed by atoms with E-state index in [1.807, 2.05) is 29.2 Å². The first-order valence-electron chi connectivity index (χ1n) is 10.1. The molecule has 3 aromatic carbocycles. The van der Waals surface area contributed by atoms with E-state index < -0.39 is 0 Å². The first-order chi connectivity index (χ1) is 15.1. The average Bonchev–Trinajstić information content (AvgIpc) is 2.79. The molecule has 1 saturated heterocycles. The van der Waals surface area contributed by atoms with Crippen LogP contribution in [-0.4, -0.2) is 36.1 Å². The van der Waals surface area contributed by atoms with Crippen LogP contribution in [0, 0.1) is 11.6 Å². The van der Waals surface area contributed by atoms with Crippen molar-refractivity contribution in [3.63, 3.8) is 0 Å². The Labute approximate surface area is 183 Å². The normalized spacial score (nSPS) is 14.3. The van der Waals surface area contributed by atoms with Crippen LogP contribution in [0.25, 0.3) is 22.3 Å². The minimum Gasteiger partial charge on any atom is -0.366 e. The molecule has 1 aliphatic heterocycles. The summed E-state index contributed by atoms with van der Waals surface area (Å²) in [6.45, 7) is 2.72. The molecule has 1 fully saturated rings. The van der Waals surface area contributed by atoms with Gasteiger partial charge in [0.15, 0.2) is 5.82 Å². The number of aromatic nitrogens is 2. The highest BCUT2D eigenvalue weighted by atomic mass is 35.5. The van der Waals surface area contributed by atoms with Crippen molar-refractivity contribution in [3.8, 4) is 11.4 Å². The zero-order valence-corrected chi connectivity index (χ0v) is 17.4. The van der Waals surface area contributed by atoms with Crippen LogP contribution >= 0.6 is 11.6 Å². The first kappa shape index (κ1) is 19.7. The monoisotopic (exact) mass is 436 g/mol. The molecule has 31 heavy (non-hydrogen) atoms. The zero-order valence-electron chi connectivity index (χ0n) is 16.6. The molecule has 0 radical (unpaired) electrons. The van der Waals surface area contributed by atoms with Gasteiger partial charge in [-0.1, -0.05) is 23.7 Å². The molecule has 1 aliphatic rings. The topological polar surface area (TPSA) is 32.3 Å². The minimum absolute atomic E-state index is 0.211. The van der Waals surface area contributed by atoms with E-state index in [1.165, 1.54) is 18.2 Å². The Bertz CT molecular complexity index is 1240. The van der Waals surface area contributed by atoms with E-state index in [-0.39, 0.29) is 11.6 Å². The van der Waals surface area contributed by atoms with Gasteiger partial charge in [-0.3, -0.25) is 0 Å². The maximum atomic E-state index is 14.2. The second-order valence-electron chi connectivity index (χ2n) is 7.46. The van der Waals surface area contributed by atoms with Crippen LogP contribution in [0.4, 0.5) is 20.3 Å². The predicted octanol–water partition coefficient (Wildman–Crippen LogP) is 5.56. The van der Waals surface area contributed by atoms with Gasteiger partial charge in [0.1, 0.15) is 17.5 Å². The molecular formula is C24H19ClF2N4.